The van der Waals surface area contributed by atoms with Crippen LogP contribution in [-0.2, 0) is 4.79 Å². The first-order valence-corrected chi connectivity index (χ1v) is 10.0. The molecule has 0 unspecified atom stereocenters. The van der Waals surface area contributed by atoms with Gasteiger partial charge in [0.2, 0.25) is 5.91 Å². The highest BCUT2D eigenvalue weighted by atomic mass is 16.2. The number of fused-ring (bicyclic) bond motifs is 1. The topological polar surface area (TPSA) is 61.0 Å². The van der Waals surface area contributed by atoms with Crippen LogP contribution in [0.3, 0.4) is 0 Å². The number of aromatic nitrogens is 2. The van der Waals surface area contributed by atoms with Gasteiger partial charge < -0.3 is 10.3 Å². The van der Waals surface area contributed by atoms with Gasteiger partial charge in [0.25, 0.3) is 0 Å². The predicted molar refractivity (Wildman–Crippen MR) is 114 cm³/mol. The largest absolute Gasteiger partial charge is 0.342 e. The highest BCUT2D eigenvalue weighted by Crippen LogP contribution is 2.28. The minimum Gasteiger partial charge on any atom is -0.342 e. The number of hydrogen-bond acceptors (Lipinski definition) is 3. The molecule has 1 aliphatic heterocycles. The van der Waals surface area contributed by atoms with Gasteiger partial charge in [0.1, 0.15) is 5.82 Å². The molecule has 5 nitrogen and oxygen atoms in total. The van der Waals surface area contributed by atoms with Crippen molar-refractivity contribution in [3.8, 4) is 0 Å². The minimum atomic E-state index is 0.0578. The van der Waals surface area contributed by atoms with Crippen molar-refractivity contribution in [2.45, 2.75) is 39.5 Å². The van der Waals surface area contributed by atoms with E-state index in [0.717, 1.165) is 54.0 Å². The standard InChI is InChI=1S/C23H28N4O/c1-15-6-4-5-7-19(15)24-22(28)14-27-10-8-18(9-11-27)23-25-20-12-16(2)17(3)13-21(20)26-23/h4-7,12-13,18H,8-11,14H2,1-3H3,(H,24,28)(H,25,26). The molecule has 5 heteroatoms. The van der Waals surface area contributed by atoms with E-state index in [9.17, 15) is 4.79 Å². The van der Waals surface area contributed by atoms with Gasteiger partial charge in [-0.15, -0.1) is 0 Å². The van der Waals surface area contributed by atoms with Crippen molar-refractivity contribution in [3.05, 3.63) is 58.9 Å². The van der Waals surface area contributed by atoms with Gasteiger partial charge in [-0.1, -0.05) is 18.2 Å². The number of benzene rings is 2. The molecule has 3 aromatic rings. The predicted octanol–water partition coefficient (Wildman–Crippen LogP) is 4.31. The third-order valence-corrected chi connectivity index (χ3v) is 5.88. The molecule has 0 atom stereocenters. The first-order valence-electron chi connectivity index (χ1n) is 10.0. The van der Waals surface area contributed by atoms with E-state index in [1.165, 1.54) is 11.1 Å². The highest BCUT2D eigenvalue weighted by Gasteiger charge is 2.24. The lowest BCUT2D eigenvalue weighted by Gasteiger charge is -2.30. The van der Waals surface area contributed by atoms with E-state index in [2.05, 4.69) is 41.2 Å². The Hall–Kier alpha value is -2.66. The highest BCUT2D eigenvalue weighted by molar-refractivity contribution is 5.92. The van der Waals surface area contributed by atoms with E-state index in [-0.39, 0.29) is 5.91 Å². The zero-order valence-corrected chi connectivity index (χ0v) is 16.9. The fraction of sp³-hybridized carbons (Fsp3) is 0.391. The molecule has 0 aliphatic carbocycles. The van der Waals surface area contributed by atoms with E-state index in [1.807, 2.05) is 31.2 Å². The van der Waals surface area contributed by atoms with Crippen LogP contribution >= 0.6 is 0 Å². The SMILES string of the molecule is Cc1cc2nc(C3CCN(CC(=O)Nc4ccccc4C)CC3)[nH]c2cc1C. The van der Waals surface area contributed by atoms with Gasteiger partial charge in [-0.05, 0) is 81.6 Å². The molecule has 1 aromatic heterocycles. The molecule has 2 heterocycles. The number of anilines is 1. The Kier molecular flexibility index (Phi) is 5.18. The number of carbonyl (C=O) groups is 1. The van der Waals surface area contributed by atoms with Crippen molar-refractivity contribution >= 4 is 22.6 Å². The van der Waals surface area contributed by atoms with Crippen LogP contribution < -0.4 is 5.32 Å². The lowest BCUT2D eigenvalue weighted by atomic mass is 9.96. The average Bonchev–Trinajstić information content (AvgIpc) is 3.07. The number of imidazole rings is 1. The molecule has 28 heavy (non-hydrogen) atoms. The zero-order valence-electron chi connectivity index (χ0n) is 16.9. The number of carbonyl (C=O) groups excluding carboxylic acids is 1. The molecule has 0 spiro atoms. The second-order valence-electron chi connectivity index (χ2n) is 7.99. The number of aryl methyl sites for hydroxylation is 3. The Labute approximate surface area is 166 Å². The molecule has 0 saturated carbocycles. The summed E-state index contributed by atoms with van der Waals surface area (Å²) in [6.45, 7) is 8.55. The van der Waals surface area contributed by atoms with Gasteiger partial charge in [0, 0.05) is 11.6 Å². The minimum absolute atomic E-state index is 0.0578. The Bertz CT molecular complexity index is 960. The number of rotatable bonds is 4. The average molecular weight is 377 g/mol. The van der Waals surface area contributed by atoms with E-state index in [1.54, 1.807) is 0 Å². The van der Waals surface area contributed by atoms with Gasteiger partial charge in [-0.2, -0.15) is 0 Å². The smallest absolute Gasteiger partial charge is 0.238 e. The Morgan fingerprint density at radius 2 is 1.82 bits per heavy atom. The maximum absolute atomic E-state index is 12.4. The summed E-state index contributed by atoms with van der Waals surface area (Å²) >= 11 is 0. The third-order valence-electron chi connectivity index (χ3n) is 5.88. The van der Waals surface area contributed by atoms with Crippen LogP contribution in [0.5, 0.6) is 0 Å². The van der Waals surface area contributed by atoms with Crippen LogP contribution in [0, 0.1) is 20.8 Å². The number of likely N-dealkylation sites (tertiary alicyclic amines) is 1. The Balaban J connectivity index is 1.34. The monoisotopic (exact) mass is 376 g/mol. The Morgan fingerprint density at radius 1 is 1.11 bits per heavy atom. The molecule has 0 bridgehead atoms. The number of hydrogen-bond donors (Lipinski definition) is 2. The first-order chi connectivity index (χ1) is 13.5. The van der Waals surface area contributed by atoms with Gasteiger partial charge in [-0.3, -0.25) is 9.69 Å². The van der Waals surface area contributed by atoms with Gasteiger partial charge >= 0.3 is 0 Å². The summed E-state index contributed by atoms with van der Waals surface area (Å²) in [5.74, 6) is 1.58. The van der Waals surface area contributed by atoms with Gasteiger partial charge in [0.05, 0.1) is 17.6 Å². The van der Waals surface area contributed by atoms with E-state index >= 15 is 0 Å². The van der Waals surface area contributed by atoms with Crippen molar-refractivity contribution < 1.29 is 4.79 Å². The zero-order chi connectivity index (χ0) is 19.7. The fourth-order valence-electron chi connectivity index (χ4n) is 3.95. The van der Waals surface area contributed by atoms with Crippen molar-refractivity contribution in [2.75, 3.05) is 25.0 Å². The first kappa shape index (κ1) is 18.7. The molecular formula is C23H28N4O. The van der Waals surface area contributed by atoms with Gasteiger partial charge in [0.15, 0.2) is 0 Å². The molecular weight excluding hydrogens is 348 g/mol. The van der Waals surface area contributed by atoms with E-state index in [0.29, 0.717) is 12.5 Å². The van der Waals surface area contributed by atoms with Crippen molar-refractivity contribution in [2.24, 2.45) is 0 Å². The normalized spacial score (nSPS) is 15.8. The number of amides is 1. The quantitative estimate of drug-likeness (QED) is 0.713. The number of nitrogens with one attached hydrogen (secondary N) is 2. The van der Waals surface area contributed by atoms with Crippen LogP contribution in [0.4, 0.5) is 5.69 Å². The molecule has 4 rings (SSSR count). The number of aromatic amines is 1. The molecule has 1 saturated heterocycles. The lowest BCUT2D eigenvalue weighted by molar-refractivity contribution is -0.117. The summed E-state index contributed by atoms with van der Waals surface area (Å²) in [6.07, 6.45) is 2.05. The number of nitrogens with zero attached hydrogens (tertiary/aromatic N) is 2. The molecule has 146 valence electrons. The maximum atomic E-state index is 12.4. The van der Waals surface area contributed by atoms with E-state index in [4.69, 9.17) is 4.98 Å². The second-order valence-corrected chi connectivity index (χ2v) is 7.99. The summed E-state index contributed by atoms with van der Waals surface area (Å²) in [5.41, 5.74) is 6.73. The summed E-state index contributed by atoms with van der Waals surface area (Å²) in [6, 6.07) is 12.2. The molecule has 1 fully saturated rings. The van der Waals surface area contributed by atoms with Crippen LogP contribution in [-0.4, -0.2) is 40.4 Å². The van der Waals surface area contributed by atoms with Crippen LogP contribution in [0.15, 0.2) is 36.4 Å². The van der Waals surface area contributed by atoms with Crippen LogP contribution in [0.2, 0.25) is 0 Å². The molecule has 1 amide bonds. The summed E-state index contributed by atoms with van der Waals surface area (Å²) in [5, 5.41) is 3.03. The Morgan fingerprint density at radius 3 is 2.57 bits per heavy atom. The summed E-state index contributed by atoms with van der Waals surface area (Å²) < 4.78 is 0. The second kappa shape index (κ2) is 7.76. The number of para-hydroxylation sites is 1. The van der Waals surface area contributed by atoms with Crippen LogP contribution in [0.1, 0.15) is 41.3 Å². The number of piperidine rings is 1. The molecule has 2 aromatic carbocycles. The number of H-pyrrole nitrogens is 1. The van der Waals surface area contributed by atoms with Crippen molar-refractivity contribution in [1.82, 2.24) is 14.9 Å². The molecule has 1 aliphatic rings. The molecule has 0 radical (unpaired) electrons. The molecule has 2 N–H and O–H groups in total. The van der Waals surface area contributed by atoms with Crippen molar-refractivity contribution in [3.63, 3.8) is 0 Å². The third kappa shape index (κ3) is 3.94. The maximum Gasteiger partial charge on any atom is 0.238 e. The van der Waals surface area contributed by atoms with Crippen molar-refractivity contribution in [1.29, 1.82) is 0 Å². The van der Waals surface area contributed by atoms with Gasteiger partial charge in [-0.25, -0.2) is 4.98 Å². The van der Waals surface area contributed by atoms with E-state index < -0.39 is 0 Å². The fourth-order valence-corrected chi connectivity index (χ4v) is 3.95. The summed E-state index contributed by atoms with van der Waals surface area (Å²) in [7, 11) is 0. The van der Waals surface area contributed by atoms with Crippen LogP contribution in [0.25, 0.3) is 11.0 Å². The summed E-state index contributed by atoms with van der Waals surface area (Å²) in [4.78, 5) is 23.0. The lowest BCUT2D eigenvalue weighted by Crippen LogP contribution is -2.39.